The molecular formula is C21H19N5O5S2. The molecule has 1 fully saturated rings. The average Bonchev–Trinajstić information content (AvgIpc) is 3.48. The molecule has 0 amide bonds. The van der Waals surface area contributed by atoms with E-state index in [4.69, 9.17) is 4.74 Å². The number of hydrogen-bond acceptors (Lipinski definition) is 9. The van der Waals surface area contributed by atoms with Gasteiger partial charge >= 0.3 is 5.97 Å². The third-order valence-corrected chi connectivity index (χ3v) is 8.33. The van der Waals surface area contributed by atoms with Crippen LogP contribution in [-0.4, -0.2) is 58.4 Å². The quantitative estimate of drug-likeness (QED) is 0.422. The van der Waals surface area contributed by atoms with Gasteiger partial charge in [-0.1, -0.05) is 0 Å². The van der Waals surface area contributed by atoms with Crippen LogP contribution in [0.1, 0.15) is 12.8 Å². The first-order valence-corrected chi connectivity index (χ1v) is 12.4. The molecule has 2 aromatic carbocycles. The lowest BCUT2D eigenvalue weighted by molar-refractivity contribution is -0.140. The molecule has 0 spiro atoms. The minimum atomic E-state index is -4.14. The molecule has 1 aliphatic rings. The third-order valence-electron chi connectivity index (χ3n) is 5.59. The zero-order chi connectivity index (χ0) is 23.2. The summed E-state index contributed by atoms with van der Waals surface area (Å²) in [5.74, 6) is -0.670. The van der Waals surface area contributed by atoms with Gasteiger partial charge in [0.25, 0.3) is 0 Å². The van der Waals surface area contributed by atoms with Crippen LogP contribution >= 0.6 is 11.3 Å². The normalized spacial score (nSPS) is 16.9. The first-order chi connectivity index (χ1) is 15.9. The van der Waals surface area contributed by atoms with E-state index >= 15 is 0 Å². The number of thiazole rings is 1. The molecule has 1 unspecified atom stereocenters. The summed E-state index contributed by atoms with van der Waals surface area (Å²) >= 11 is 1.54. The van der Waals surface area contributed by atoms with E-state index in [1.807, 2.05) is 18.2 Å². The summed E-state index contributed by atoms with van der Waals surface area (Å²) in [6, 6.07) is 7.55. The first kappa shape index (κ1) is 21.5. The van der Waals surface area contributed by atoms with E-state index in [0.29, 0.717) is 23.1 Å². The molecule has 4 aromatic rings. The van der Waals surface area contributed by atoms with Crippen LogP contribution in [0.25, 0.3) is 21.1 Å². The van der Waals surface area contributed by atoms with Gasteiger partial charge in [-0.05, 0) is 37.1 Å². The van der Waals surface area contributed by atoms with Gasteiger partial charge in [-0.3, -0.25) is 4.79 Å². The SMILES string of the molecule is COc1cc2ncnc(Nc3ccc4scnc4c3)c2cc1S(=O)(=O)N1CCCC1C(=O)O. The Morgan fingerprint density at radius 1 is 1.21 bits per heavy atom. The van der Waals surface area contributed by atoms with Crippen molar-refractivity contribution in [1.29, 1.82) is 0 Å². The number of fused-ring (bicyclic) bond motifs is 2. The Balaban J connectivity index is 1.62. The molecular weight excluding hydrogens is 466 g/mol. The van der Waals surface area contributed by atoms with E-state index < -0.39 is 22.0 Å². The molecule has 5 rings (SSSR count). The fourth-order valence-corrected chi connectivity index (χ4v) is 6.47. The van der Waals surface area contributed by atoms with Gasteiger partial charge in [0.1, 0.15) is 28.8 Å². The largest absolute Gasteiger partial charge is 0.495 e. The van der Waals surface area contributed by atoms with Gasteiger partial charge in [0, 0.05) is 23.7 Å². The average molecular weight is 486 g/mol. The number of ether oxygens (including phenoxy) is 1. The van der Waals surface area contributed by atoms with Crippen LogP contribution in [0, 0.1) is 0 Å². The summed E-state index contributed by atoms with van der Waals surface area (Å²) in [5.41, 5.74) is 3.82. The number of carboxylic acid groups (broad SMARTS) is 1. The monoisotopic (exact) mass is 485 g/mol. The number of nitrogens with zero attached hydrogens (tertiary/aromatic N) is 4. The van der Waals surface area contributed by atoms with E-state index in [-0.39, 0.29) is 23.6 Å². The van der Waals surface area contributed by atoms with Gasteiger partial charge in [0.15, 0.2) is 0 Å². The smallest absolute Gasteiger partial charge is 0.322 e. The molecule has 0 bridgehead atoms. The van der Waals surface area contributed by atoms with Crippen LogP contribution in [0.15, 0.2) is 47.1 Å². The Morgan fingerprint density at radius 3 is 2.85 bits per heavy atom. The van der Waals surface area contributed by atoms with Gasteiger partial charge in [0.05, 0.1) is 28.4 Å². The lowest BCUT2D eigenvalue weighted by Gasteiger charge is -2.22. The minimum Gasteiger partial charge on any atom is -0.495 e. The van der Waals surface area contributed by atoms with E-state index in [0.717, 1.165) is 20.2 Å². The van der Waals surface area contributed by atoms with E-state index in [1.54, 1.807) is 5.51 Å². The number of hydrogen-bond donors (Lipinski definition) is 2. The Kier molecular flexibility index (Phi) is 5.35. The Morgan fingerprint density at radius 2 is 2.06 bits per heavy atom. The maximum atomic E-state index is 13.5. The molecule has 0 radical (unpaired) electrons. The maximum Gasteiger partial charge on any atom is 0.322 e. The zero-order valence-corrected chi connectivity index (χ0v) is 19.1. The first-order valence-electron chi connectivity index (χ1n) is 10.1. The summed E-state index contributed by atoms with van der Waals surface area (Å²) in [6.07, 6.45) is 2.11. The molecule has 1 saturated heterocycles. The van der Waals surface area contributed by atoms with Gasteiger partial charge in [-0.2, -0.15) is 4.31 Å². The van der Waals surface area contributed by atoms with Crippen LogP contribution in [0.3, 0.4) is 0 Å². The molecule has 2 N–H and O–H groups in total. The fraction of sp³-hybridized carbons (Fsp3) is 0.238. The van der Waals surface area contributed by atoms with Crippen LogP contribution < -0.4 is 10.1 Å². The van der Waals surface area contributed by atoms with Gasteiger partial charge in [-0.15, -0.1) is 11.3 Å². The lowest BCUT2D eigenvalue weighted by Crippen LogP contribution is -2.40. The topological polar surface area (TPSA) is 135 Å². The van der Waals surface area contributed by atoms with Crippen molar-refractivity contribution in [3.05, 3.63) is 42.2 Å². The summed E-state index contributed by atoms with van der Waals surface area (Å²) in [6.45, 7) is 0.130. The number of aliphatic carboxylic acids is 1. The second kappa shape index (κ2) is 8.21. The third kappa shape index (κ3) is 3.75. The molecule has 1 atom stereocenters. The Bertz CT molecular complexity index is 1490. The number of carbonyl (C=O) groups is 1. The molecule has 1 aliphatic heterocycles. The van der Waals surface area contributed by atoms with Crippen molar-refractivity contribution in [2.45, 2.75) is 23.8 Å². The molecule has 2 aromatic heterocycles. The van der Waals surface area contributed by atoms with Crippen LogP contribution in [-0.2, 0) is 14.8 Å². The molecule has 170 valence electrons. The summed E-state index contributed by atoms with van der Waals surface area (Å²) in [4.78, 5) is 24.4. The summed E-state index contributed by atoms with van der Waals surface area (Å²) < 4.78 is 34.4. The van der Waals surface area contributed by atoms with Gasteiger partial charge < -0.3 is 15.2 Å². The number of aromatic nitrogens is 3. The van der Waals surface area contributed by atoms with Crippen LogP contribution in [0.5, 0.6) is 5.75 Å². The summed E-state index contributed by atoms with van der Waals surface area (Å²) in [7, 11) is -2.78. The van der Waals surface area contributed by atoms with Crippen molar-refractivity contribution in [1.82, 2.24) is 19.3 Å². The number of carboxylic acids is 1. The van der Waals surface area contributed by atoms with Crippen molar-refractivity contribution in [2.24, 2.45) is 0 Å². The highest BCUT2D eigenvalue weighted by Gasteiger charge is 2.41. The molecule has 3 heterocycles. The molecule has 10 nitrogen and oxygen atoms in total. The van der Waals surface area contributed by atoms with E-state index in [1.165, 1.54) is 36.9 Å². The molecule has 0 saturated carbocycles. The Labute approximate surface area is 192 Å². The standard InChI is InChI=1S/C21H19N5O5S2/c1-31-17-9-14-13(8-19(17)33(29,30)26-6-2-3-16(26)21(27)28)20(23-10-22-14)25-12-4-5-18-15(7-12)24-11-32-18/h4-5,7-11,16H,2-3,6H2,1H3,(H,27,28)(H,22,23,25). The van der Waals surface area contributed by atoms with Gasteiger partial charge in [0.2, 0.25) is 10.0 Å². The van der Waals surface area contributed by atoms with Crippen molar-refractivity contribution in [2.75, 3.05) is 19.0 Å². The molecule has 12 heteroatoms. The van der Waals surface area contributed by atoms with Crippen molar-refractivity contribution in [3.63, 3.8) is 0 Å². The van der Waals surface area contributed by atoms with Crippen molar-refractivity contribution < 1.29 is 23.1 Å². The highest BCUT2D eigenvalue weighted by Crippen LogP contribution is 2.36. The van der Waals surface area contributed by atoms with E-state index in [2.05, 4.69) is 20.3 Å². The highest BCUT2D eigenvalue weighted by atomic mass is 32.2. The maximum absolute atomic E-state index is 13.5. The zero-order valence-electron chi connectivity index (χ0n) is 17.4. The van der Waals surface area contributed by atoms with Gasteiger partial charge in [-0.25, -0.2) is 23.4 Å². The predicted octanol–water partition coefficient (Wildman–Crippen LogP) is 3.23. The number of rotatable bonds is 6. The minimum absolute atomic E-state index is 0.0899. The fourth-order valence-electron chi connectivity index (χ4n) is 4.00. The molecule has 33 heavy (non-hydrogen) atoms. The highest BCUT2D eigenvalue weighted by molar-refractivity contribution is 7.89. The van der Waals surface area contributed by atoms with Crippen molar-refractivity contribution in [3.8, 4) is 5.75 Å². The van der Waals surface area contributed by atoms with Crippen LogP contribution in [0.2, 0.25) is 0 Å². The molecule has 0 aliphatic carbocycles. The second-order valence-corrected chi connectivity index (χ2v) is 10.3. The number of sulfonamides is 1. The number of nitrogens with one attached hydrogen (secondary N) is 1. The lowest BCUT2D eigenvalue weighted by atomic mass is 10.2. The predicted molar refractivity (Wildman–Crippen MR) is 124 cm³/mol. The second-order valence-electron chi connectivity index (χ2n) is 7.51. The van der Waals surface area contributed by atoms with Crippen LogP contribution in [0.4, 0.5) is 11.5 Å². The Hall–Kier alpha value is -3.35. The number of methoxy groups -OCH3 is 1. The van der Waals surface area contributed by atoms with E-state index in [9.17, 15) is 18.3 Å². The number of anilines is 2. The summed E-state index contributed by atoms with van der Waals surface area (Å²) in [5, 5.41) is 13.2. The number of benzene rings is 2. The van der Waals surface area contributed by atoms with Crippen molar-refractivity contribution >= 4 is 60.0 Å².